The Hall–Kier alpha value is -3.79. The summed E-state index contributed by atoms with van der Waals surface area (Å²) in [5.74, 6) is -2.30. The van der Waals surface area contributed by atoms with Gasteiger partial charge >= 0.3 is 0 Å². The van der Waals surface area contributed by atoms with Crippen molar-refractivity contribution in [2.45, 2.75) is 12.8 Å². The maximum absolute atomic E-state index is 13.7. The third kappa shape index (κ3) is 4.62. The van der Waals surface area contributed by atoms with Gasteiger partial charge in [0.15, 0.2) is 11.4 Å². The lowest BCUT2D eigenvalue weighted by Gasteiger charge is -2.12. The van der Waals surface area contributed by atoms with Crippen molar-refractivity contribution in [2.75, 3.05) is 14.1 Å². The van der Waals surface area contributed by atoms with Gasteiger partial charge in [-0.05, 0) is 25.0 Å². The van der Waals surface area contributed by atoms with Crippen LogP contribution in [0.25, 0.3) is 11.0 Å². The van der Waals surface area contributed by atoms with Crippen LogP contribution in [-0.2, 0) is 10.0 Å². The van der Waals surface area contributed by atoms with Crippen LogP contribution in [0.5, 0.6) is 11.5 Å². The number of ether oxygens (including phenoxy) is 1. The van der Waals surface area contributed by atoms with Gasteiger partial charge in [0.05, 0.1) is 15.9 Å². The van der Waals surface area contributed by atoms with Crippen LogP contribution >= 0.6 is 0 Å². The lowest BCUT2D eigenvalue weighted by Crippen LogP contribution is -2.15. The number of fused-ring (bicyclic) bond motifs is 1. The first-order valence-corrected chi connectivity index (χ1v) is 11.7. The number of rotatable bonds is 7. The first kappa shape index (κ1) is 23.4. The number of aromatic nitrogens is 2. The number of hydrogen-bond donors (Lipinski definition) is 0. The first-order valence-electron chi connectivity index (χ1n) is 10.3. The zero-order valence-electron chi connectivity index (χ0n) is 18.4. The molecule has 0 spiro atoms. The number of nitrogens with zero attached hydrogens (tertiary/aromatic N) is 3. The highest BCUT2D eigenvalue weighted by Crippen LogP contribution is 2.35. The number of carbonyl (C=O) groups is 1. The molecule has 0 N–H and O–H groups in total. The summed E-state index contributed by atoms with van der Waals surface area (Å²) in [5.41, 5.74) is -0.0185. The van der Waals surface area contributed by atoms with E-state index in [2.05, 4.69) is 4.98 Å². The summed E-state index contributed by atoms with van der Waals surface area (Å²) in [6.45, 7) is 0. The van der Waals surface area contributed by atoms with E-state index in [9.17, 15) is 22.0 Å². The van der Waals surface area contributed by atoms with Gasteiger partial charge in [-0.25, -0.2) is 26.2 Å². The second-order valence-electron chi connectivity index (χ2n) is 7.80. The molecular weight excluding hydrogens is 464 g/mol. The zero-order chi connectivity index (χ0) is 24.5. The van der Waals surface area contributed by atoms with Crippen molar-refractivity contribution in [1.82, 2.24) is 13.9 Å². The van der Waals surface area contributed by atoms with Crippen LogP contribution in [0.15, 0.2) is 72.1 Å². The Morgan fingerprint density at radius 3 is 2.59 bits per heavy atom. The highest BCUT2D eigenvalue weighted by atomic mass is 32.2. The number of hydrogen-bond acceptors (Lipinski definition) is 6. The average molecular weight is 486 g/mol. The molecule has 176 valence electrons. The summed E-state index contributed by atoms with van der Waals surface area (Å²) in [6, 6.07) is 4.06. The summed E-state index contributed by atoms with van der Waals surface area (Å²) in [6.07, 6.45) is 11.2. The molecule has 0 fully saturated rings. The minimum absolute atomic E-state index is 0.0172. The van der Waals surface area contributed by atoms with E-state index >= 15 is 0 Å². The quantitative estimate of drug-likeness (QED) is 0.354. The summed E-state index contributed by atoms with van der Waals surface area (Å²) in [4.78, 5) is 19.1. The van der Waals surface area contributed by atoms with Crippen LogP contribution in [0.3, 0.4) is 0 Å². The Bertz CT molecular complexity index is 1450. The molecular formula is C24H21F2N3O4S. The fraction of sp³-hybridized carbons (Fsp3) is 0.167. The fourth-order valence-electron chi connectivity index (χ4n) is 3.49. The largest absolute Gasteiger partial charge is 0.456 e. The molecule has 0 unspecified atom stereocenters. The van der Waals surface area contributed by atoms with Crippen molar-refractivity contribution >= 4 is 26.8 Å². The summed E-state index contributed by atoms with van der Waals surface area (Å²) < 4.78 is 60.9. The first-order chi connectivity index (χ1) is 16.2. The molecule has 34 heavy (non-hydrogen) atoms. The Balaban J connectivity index is 1.93. The molecule has 0 amide bonds. The van der Waals surface area contributed by atoms with E-state index < -0.39 is 27.4 Å². The van der Waals surface area contributed by atoms with E-state index in [4.69, 9.17) is 4.74 Å². The number of benzene rings is 1. The van der Waals surface area contributed by atoms with Gasteiger partial charge in [0.1, 0.15) is 23.1 Å². The Labute approximate surface area is 195 Å². The molecule has 0 aliphatic heterocycles. The molecule has 7 nitrogen and oxygen atoms in total. The standard InChI is InChI=1S/C24H21F2N3O4S/c1-28(2)11-9-21(30)20-15-29(34(31,32)19-6-4-3-5-7-19)24-23(20)22(8-10-27-24)33-18-13-16(25)12-17(26)14-18/h3-4,6,8-15H,5,7H2,1-2H3/b11-9+. The third-order valence-electron chi connectivity index (χ3n) is 5.04. The molecule has 2 aromatic heterocycles. The van der Waals surface area contributed by atoms with Crippen LogP contribution in [0.4, 0.5) is 8.78 Å². The van der Waals surface area contributed by atoms with Crippen LogP contribution in [0, 0.1) is 11.6 Å². The van der Waals surface area contributed by atoms with Crippen molar-refractivity contribution in [3.05, 3.63) is 89.3 Å². The second kappa shape index (κ2) is 9.22. The molecule has 0 saturated carbocycles. The van der Waals surface area contributed by atoms with E-state index in [1.165, 1.54) is 36.8 Å². The summed E-state index contributed by atoms with van der Waals surface area (Å²) in [5, 5.41) is 0.108. The van der Waals surface area contributed by atoms with E-state index in [1.807, 2.05) is 6.08 Å². The monoisotopic (exact) mass is 485 g/mol. The highest BCUT2D eigenvalue weighted by molar-refractivity contribution is 7.94. The van der Waals surface area contributed by atoms with Crippen LogP contribution < -0.4 is 4.74 Å². The smallest absolute Gasteiger partial charge is 0.265 e. The lowest BCUT2D eigenvalue weighted by molar-refractivity contribution is 0.104. The van der Waals surface area contributed by atoms with Gasteiger partial charge in [-0.3, -0.25) is 4.79 Å². The Kier molecular flexibility index (Phi) is 6.34. The minimum atomic E-state index is -4.03. The molecule has 0 bridgehead atoms. The van der Waals surface area contributed by atoms with Crippen molar-refractivity contribution < 1.29 is 26.7 Å². The maximum atomic E-state index is 13.7. The topological polar surface area (TPSA) is 81.5 Å². The average Bonchev–Trinajstić information content (AvgIpc) is 3.19. The third-order valence-corrected chi connectivity index (χ3v) is 6.84. The predicted molar refractivity (Wildman–Crippen MR) is 124 cm³/mol. The SMILES string of the molecule is CN(C)/C=C/C(=O)c1cn(S(=O)(=O)C2=CC=CCC2)c2nccc(Oc3cc(F)cc(F)c3)c12. The number of ketones is 1. The summed E-state index contributed by atoms with van der Waals surface area (Å²) in [7, 11) is -0.571. The highest BCUT2D eigenvalue weighted by Gasteiger charge is 2.28. The van der Waals surface area contributed by atoms with Crippen molar-refractivity contribution in [1.29, 1.82) is 0 Å². The molecule has 0 saturated heterocycles. The minimum Gasteiger partial charge on any atom is -0.456 e. The molecule has 1 aromatic carbocycles. The van der Waals surface area contributed by atoms with Gasteiger partial charge < -0.3 is 9.64 Å². The van der Waals surface area contributed by atoms with Gasteiger partial charge in [-0.1, -0.05) is 12.2 Å². The molecule has 1 aliphatic carbocycles. The van der Waals surface area contributed by atoms with E-state index in [0.29, 0.717) is 18.9 Å². The van der Waals surface area contributed by atoms with Crippen molar-refractivity contribution in [2.24, 2.45) is 0 Å². The molecule has 10 heteroatoms. The number of halogens is 2. The Morgan fingerprint density at radius 2 is 1.94 bits per heavy atom. The van der Waals surface area contributed by atoms with Crippen LogP contribution in [-0.4, -0.2) is 42.2 Å². The van der Waals surface area contributed by atoms with E-state index in [0.717, 1.165) is 16.1 Å². The van der Waals surface area contributed by atoms with Gasteiger partial charge in [0.25, 0.3) is 10.0 Å². The fourth-order valence-corrected chi connectivity index (χ4v) is 4.98. The Morgan fingerprint density at radius 1 is 1.21 bits per heavy atom. The van der Waals surface area contributed by atoms with Gasteiger partial charge in [0.2, 0.25) is 0 Å². The lowest BCUT2D eigenvalue weighted by atomic mass is 10.1. The van der Waals surface area contributed by atoms with Gasteiger partial charge in [-0.15, -0.1) is 0 Å². The number of allylic oxidation sites excluding steroid dienone is 5. The van der Waals surface area contributed by atoms with Crippen LogP contribution in [0.1, 0.15) is 23.2 Å². The second-order valence-corrected chi connectivity index (χ2v) is 9.67. The van der Waals surface area contributed by atoms with Crippen LogP contribution in [0.2, 0.25) is 0 Å². The normalized spacial score (nSPS) is 13.9. The van der Waals surface area contributed by atoms with Crippen molar-refractivity contribution in [3.63, 3.8) is 0 Å². The van der Waals surface area contributed by atoms with Gasteiger partial charge in [-0.2, -0.15) is 0 Å². The predicted octanol–water partition coefficient (Wildman–Crippen LogP) is 4.78. The molecule has 4 rings (SSSR count). The number of carbonyl (C=O) groups excluding carboxylic acids is 1. The molecule has 2 heterocycles. The molecule has 3 aromatic rings. The van der Waals surface area contributed by atoms with E-state index in [-0.39, 0.29) is 33.0 Å². The summed E-state index contributed by atoms with van der Waals surface area (Å²) >= 11 is 0. The van der Waals surface area contributed by atoms with E-state index in [1.54, 1.807) is 25.1 Å². The zero-order valence-corrected chi connectivity index (χ0v) is 19.2. The maximum Gasteiger partial charge on any atom is 0.265 e. The van der Waals surface area contributed by atoms with Crippen molar-refractivity contribution in [3.8, 4) is 11.5 Å². The number of pyridine rings is 1. The molecule has 0 atom stereocenters. The molecule has 0 radical (unpaired) electrons. The van der Waals surface area contributed by atoms with Gasteiger partial charge in [0, 0.05) is 57.0 Å². The molecule has 1 aliphatic rings.